The van der Waals surface area contributed by atoms with Crippen molar-refractivity contribution < 1.29 is 4.74 Å². The topological polar surface area (TPSA) is 38.2 Å². The molecule has 0 unspecified atom stereocenters. The van der Waals surface area contributed by atoms with E-state index in [-0.39, 0.29) is 0 Å². The molecule has 0 aliphatic carbocycles. The van der Waals surface area contributed by atoms with E-state index in [0.29, 0.717) is 12.0 Å². The van der Waals surface area contributed by atoms with E-state index >= 15 is 0 Å². The van der Waals surface area contributed by atoms with Crippen LogP contribution in [0.1, 0.15) is 26.7 Å². The lowest BCUT2D eigenvalue weighted by atomic mass is 10.1. The maximum absolute atomic E-state index is 5.88. The number of nitrogens with zero attached hydrogens (tertiary/aromatic N) is 3. The molecule has 1 fully saturated rings. The van der Waals surface area contributed by atoms with Crippen LogP contribution in [0.15, 0.2) is 18.6 Å². The molecule has 1 aromatic heterocycles. The molecule has 0 aromatic carbocycles. The smallest absolute Gasteiger partial charge is 0.147 e. The van der Waals surface area contributed by atoms with E-state index < -0.39 is 0 Å². The second-order valence-electron chi connectivity index (χ2n) is 4.97. The Morgan fingerprint density at radius 2 is 2.35 bits per heavy atom. The number of anilines is 1. The van der Waals surface area contributed by atoms with E-state index in [2.05, 4.69) is 28.7 Å². The lowest BCUT2D eigenvalue weighted by molar-refractivity contribution is 0.0609. The average molecular weight is 235 g/mol. The first-order valence-corrected chi connectivity index (χ1v) is 6.38. The fourth-order valence-corrected chi connectivity index (χ4v) is 2.00. The molecule has 1 aliphatic heterocycles. The summed E-state index contributed by atoms with van der Waals surface area (Å²) < 4.78 is 5.88. The van der Waals surface area contributed by atoms with Crippen LogP contribution in [-0.2, 0) is 4.74 Å². The summed E-state index contributed by atoms with van der Waals surface area (Å²) in [5.41, 5.74) is 0. The number of aromatic nitrogens is 2. The quantitative estimate of drug-likeness (QED) is 0.783. The third-order valence-corrected chi connectivity index (χ3v) is 3.07. The lowest BCUT2D eigenvalue weighted by Crippen LogP contribution is -2.24. The van der Waals surface area contributed by atoms with E-state index in [1.165, 1.54) is 0 Å². The van der Waals surface area contributed by atoms with Gasteiger partial charge in [0.15, 0.2) is 0 Å². The number of ether oxygens (including phenoxy) is 1. The van der Waals surface area contributed by atoms with Gasteiger partial charge in [-0.1, -0.05) is 13.8 Å². The van der Waals surface area contributed by atoms with Crippen LogP contribution >= 0.6 is 0 Å². The van der Waals surface area contributed by atoms with Gasteiger partial charge in [-0.25, -0.2) is 4.98 Å². The molecule has 4 heteroatoms. The molecule has 0 N–H and O–H groups in total. The first-order valence-electron chi connectivity index (χ1n) is 6.38. The van der Waals surface area contributed by atoms with Gasteiger partial charge in [-0.3, -0.25) is 4.98 Å². The summed E-state index contributed by atoms with van der Waals surface area (Å²) in [5.74, 6) is 1.68. The Morgan fingerprint density at radius 1 is 1.47 bits per heavy atom. The number of hydrogen-bond donors (Lipinski definition) is 0. The predicted molar refractivity (Wildman–Crippen MR) is 68.1 cm³/mol. The molecule has 0 spiro atoms. The number of rotatable bonds is 5. The summed E-state index contributed by atoms with van der Waals surface area (Å²) in [6, 6.07) is 0. The normalized spacial score (nSPS) is 20.2. The maximum Gasteiger partial charge on any atom is 0.147 e. The summed E-state index contributed by atoms with van der Waals surface area (Å²) in [5, 5.41) is 0. The van der Waals surface area contributed by atoms with Crippen LogP contribution in [0.2, 0.25) is 0 Å². The molecule has 17 heavy (non-hydrogen) atoms. The Balaban J connectivity index is 1.76. The third kappa shape index (κ3) is 3.66. The van der Waals surface area contributed by atoms with Crippen LogP contribution < -0.4 is 4.90 Å². The van der Waals surface area contributed by atoms with Crippen molar-refractivity contribution in [3.8, 4) is 0 Å². The minimum absolute atomic E-state index is 0.357. The van der Waals surface area contributed by atoms with E-state index in [1.807, 2.05) is 6.20 Å². The highest BCUT2D eigenvalue weighted by Gasteiger charge is 2.23. The standard InChI is InChI=1S/C13H21N3O/c1-11(2)4-8-17-12-3-7-16(10-12)13-9-14-5-6-15-13/h5-6,9,11-12H,3-4,7-8,10H2,1-2H3/t12-/m1/s1. The fraction of sp³-hybridized carbons (Fsp3) is 0.692. The lowest BCUT2D eigenvalue weighted by Gasteiger charge is -2.17. The van der Waals surface area contributed by atoms with Crippen molar-refractivity contribution in [3.05, 3.63) is 18.6 Å². The van der Waals surface area contributed by atoms with Gasteiger partial charge < -0.3 is 9.64 Å². The van der Waals surface area contributed by atoms with Crippen molar-refractivity contribution in [2.45, 2.75) is 32.8 Å². The molecule has 0 bridgehead atoms. The zero-order valence-corrected chi connectivity index (χ0v) is 10.7. The van der Waals surface area contributed by atoms with Crippen molar-refractivity contribution in [1.82, 2.24) is 9.97 Å². The SMILES string of the molecule is CC(C)CCO[C@@H]1CCN(c2cnccn2)C1. The highest BCUT2D eigenvalue weighted by atomic mass is 16.5. The van der Waals surface area contributed by atoms with Gasteiger partial charge in [0.25, 0.3) is 0 Å². The minimum atomic E-state index is 0.357. The first kappa shape index (κ1) is 12.3. The van der Waals surface area contributed by atoms with E-state index in [1.54, 1.807) is 12.4 Å². The third-order valence-electron chi connectivity index (χ3n) is 3.07. The average Bonchev–Trinajstić information content (AvgIpc) is 2.78. The number of hydrogen-bond acceptors (Lipinski definition) is 4. The van der Waals surface area contributed by atoms with Crippen LogP contribution in [0, 0.1) is 5.92 Å². The predicted octanol–water partition coefficient (Wildman–Crippen LogP) is 2.12. The molecular formula is C13H21N3O. The van der Waals surface area contributed by atoms with Crippen molar-refractivity contribution in [2.24, 2.45) is 5.92 Å². The first-order chi connectivity index (χ1) is 8.25. The van der Waals surface area contributed by atoms with Crippen molar-refractivity contribution in [3.63, 3.8) is 0 Å². The second kappa shape index (κ2) is 5.96. The van der Waals surface area contributed by atoms with Gasteiger partial charge in [0.2, 0.25) is 0 Å². The maximum atomic E-state index is 5.88. The van der Waals surface area contributed by atoms with Crippen LogP contribution in [0.5, 0.6) is 0 Å². The van der Waals surface area contributed by atoms with Crippen molar-refractivity contribution in [1.29, 1.82) is 0 Å². The van der Waals surface area contributed by atoms with Crippen LogP contribution in [-0.4, -0.2) is 35.8 Å². The highest BCUT2D eigenvalue weighted by Crippen LogP contribution is 2.19. The minimum Gasteiger partial charge on any atom is -0.376 e. The molecule has 4 nitrogen and oxygen atoms in total. The molecule has 94 valence electrons. The van der Waals surface area contributed by atoms with Gasteiger partial charge in [0, 0.05) is 32.1 Å². The Hall–Kier alpha value is -1.16. The van der Waals surface area contributed by atoms with Crippen LogP contribution in [0.4, 0.5) is 5.82 Å². The summed E-state index contributed by atoms with van der Waals surface area (Å²) in [6.07, 6.45) is 7.85. The van der Waals surface area contributed by atoms with Gasteiger partial charge in [0.05, 0.1) is 12.3 Å². The molecule has 0 amide bonds. The Morgan fingerprint density at radius 3 is 3.06 bits per heavy atom. The Kier molecular flexibility index (Phi) is 4.31. The van der Waals surface area contributed by atoms with Gasteiger partial charge in [-0.05, 0) is 18.8 Å². The summed E-state index contributed by atoms with van der Waals surface area (Å²) >= 11 is 0. The zero-order valence-electron chi connectivity index (χ0n) is 10.7. The highest BCUT2D eigenvalue weighted by molar-refractivity contribution is 5.36. The van der Waals surface area contributed by atoms with Crippen molar-refractivity contribution >= 4 is 5.82 Å². The molecule has 1 atom stereocenters. The van der Waals surface area contributed by atoms with E-state index in [4.69, 9.17) is 4.74 Å². The molecule has 2 rings (SSSR count). The van der Waals surface area contributed by atoms with Crippen molar-refractivity contribution in [2.75, 3.05) is 24.6 Å². The summed E-state index contributed by atoms with van der Waals surface area (Å²) in [6.45, 7) is 7.28. The fourth-order valence-electron chi connectivity index (χ4n) is 2.00. The Labute approximate surface area is 103 Å². The summed E-state index contributed by atoms with van der Waals surface area (Å²) in [4.78, 5) is 10.6. The Bertz CT molecular complexity index is 329. The van der Waals surface area contributed by atoms with E-state index in [9.17, 15) is 0 Å². The van der Waals surface area contributed by atoms with Gasteiger partial charge in [-0.15, -0.1) is 0 Å². The summed E-state index contributed by atoms with van der Waals surface area (Å²) in [7, 11) is 0. The second-order valence-corrected chi connectivity index (χ2v) is 4.97. The molecule has 1 aliphatic rings. The van der Waals surface area contributed by atoms with Gasteiger partial charge >= 0.3 is 0 Å². The van der Waals surface area contributed by atoms with Crippen LogP contribution in [0.3, 0.4) is 0 Å². The zero-order chi connectivity index (χ0) is 12.1. The molecule has 0 radical (unpaired) electrons. The van der Waals surface area contributed by atoms with Gasteiger partial charge in [0.1, 0.15) is 5.82 Å². The largest absolute Gasteiger partial charge is 0.376 e. The van der Waals surface area contributed by atoms with Gasteiger partial charge in [-0.2, -0.15) is 0 Å². The monoisotopic (exact) mass is 235 g/mol. The molecule has 0 saturated carbocycles. The molecular weight excluding hydrogens is 214 g/mol. The van der Waals surface area contributed by atoms with Crippen LogP contribution in [0.25, 0.3) is 0 Å². The molecule has 1 aromatic rings. The molecule has 2 heterocycles. The molecule has 1 saturated heterocycles. The van der Waals surface area contributed by atoms with E-state index in [0.717, 1.165) is 38.4 Å².